The van der Waals surface area contributed by atoms with Gasteiger partial charge in [0.05, 0.1) is 36.4 Å². The van der Waals surface area contributed by atoms with Crippen molar-refractivity contribution in [3.05, 3.63) is 46.1 Å². The molecule has 1 N–H and O–H groups in total. The number of piperidine rings is 1. The number of likely N-dealkylation sites (N-methyl/N-ethyl adjacent to an activating group) is 1. The smallest absolute Gasteiger partial charge is 0.322 e. The molecule has 0 aromatic heterocycles. The van der Waals surface area contributed by atoms with E-state index in [9.17, 15) is 19.2 Å². The maximum Gasteiger partial charge on any atom is 0.322 e. The number of likely N-dealkylation sites (tertiary alicyclic amines) is 1. The largest absolute Gasteiger partial charge is 0.466 e. The zero-order valence-corrected chi connectivity index (χ0v) is 20.8. The van der Waals surface area contributed by atoms with Gasteiger partial charge < -0.3 is 19.9 Å². The predicted octanol–water partition coefficient (Wildman–Crippen LogP) is 2.71. The minimum atomic E-state index is -0.635. The van der Waals surface area contributed by atoms with E-state index in [1.165, 1.54) is 0 Å². The molecule has 0 saturated carbocycles. The molecule has 0 spiro atoms. The van der Waals surface area contributed by atoms with Gasteiger partial charge in [-0.2, -0.15) is 0 Å². The van der Waals surface area contributed by atoms with Crippen molar-refractivity contribution < 1.29 is 23.9 Å². The third-order valence-electron chi connectivity index (χ3n) is 6.89. The molecule has 0 aliphatic carbocycles. The Kier molecular flexibility index (Phi) is 7.64. The molecule has 0 unspecified atom stereocenters. The van der Waals surface area contributed by atoms with Gasteiger partial charge in [0.25, 0.3) is 5.91 Å². The van der Waals surface area contributed by atoms with Gasteiger partial charge in [-0.25, -0.2) is 4.79 Å². The number of carbonyl (C=O) groups is 4. The van der Waals surface area contributed by atoms with E-state index in [-0.39, 0.29) is 49.2 Å². The standard InChI is InChI=1S/C25H31ClN4O5/c1-3-30-19-15-29(14-11-20(31)28-12-9-16(10-13-28)24(33)35-4-2)23(32)21(19)22(27-25(30)34)17-7-5-6-8-18(17)26/h5-8,16,22H,3-4,9-15H2,1-2H3,(H,27,34)/t22-/m0/s1. The maximum absolute atomic E-state index is 13.4. The highest BCUT2D eigenvalue weighted by Crippen LogP contribution is 2.38. The molecule has 4 rings (SSSR count). The van der Waals surface area contributed by atoms with Gasteiger partial charge in [0.15, 0.2) is 0 Å². The van der Waals surface area contributed by atoms with E-state index in [4.69, 9.17) is 16.3 Å². The zero-order valence-electron chi connectivity index (χ0n) is 20.1. The van der Waals surface area contributed by atoms with Crippen LogP contribution in [-0.4, -0.2) is 77.8 Å². The summed E-state index contributed by atoms with van der Waals surface area (Å²) in [5.41, 5.74) is 1.83. The number of hydrogen-bond donors (Lipinski definition) is 1. The third kappa shape index (κ3) is 5.00. The Morgan fingerprint density at radius 2 is 1.86 bits per heavy atom. The van der Waals surface area contributed by atoms with E-state index in [2.05, 4.69) is 5.32 Å². The molecule has 10 heteroatoms. The molecule has 188 valence electrons. The van der Waals surface area contributed by atoms with Crippen molar-refractivity contribution in [2.24, 2.45) is 5.92 Å². The van der Waals surface area contributed by atoms with Gasteiger partial charge in [-0.3, -0.25) is 19.3 Å². The molecule has 3 aliphatic heterocycles. The van der Waals surface area contributed by atoms with Gasteiger partial charge in [0, 0.05) is 37.6 Å². The molecule has 1 atom stereocenters. The van der Waals surface area contributed by atoms with Crippen molar-refractivity contribution in [2.75, 3.05) is 39.3 Å². The lowest BCUT2D eigenvalue weighted by Gasteiger charge is -2.33. The number of nitrogens with zero attached hydrogens (tertiary/aromatic N) is 3. The molecule has 9 nitrogen and oxygen atoms in total. The molecule has 35 heavy (non-hydrogen) atoms. The number of carbonyl (C=O) groups excluding carboxylic acids is 4. The molecule has 1 aromatic rings. The number of rotatable bonds is 7. The highest BCUT2D eigenvalue weighted by molar-refractivity contribution is 6.31. The van der Waals surface area contributed by atoms with Crippen LogP contribution in [0.2, 0.25) is 5.02 Å². The highest BCUT2D eigenvalue weighted by Gasteiger charge is 2.44. The third-order valence-corrected chi connectivity index (χ3v) is 7.24. The minimum absolute atomic E-state index is 0.0471. The summed E-state index contributed by atoms with van der Waals surface area (Å²) < 4.78 is 5.09. The van der Waals surface area contributed by atoms with Crippen LogP contribution in [0.3, 0.4) is 0 Å². The van der Waals surface area contributed by atoms with Crippen LogP contribution in [0.15, 0.2) is 35.5 Å². The maximum atomic E-state index is 13.4. The van der Waals surface area contributed by atoms with Crippen LogP contribution in [0.25, 0.3) is 0 Å². The number of nitrogens with one attached hydrogen (secondary N) is 1. The van der Waals surface area contributed by atoms with Crippen molar-refractivity contribution in [1.29, 1.82) is 0 Å². The quantitative estimate of drug-likeness (QED) is 0.578. The van der Waals surface area contributed by atoms with E-state index in [0.717, 1.165) is 0 Å². The summed E-state index contributed by atoms with van der Waals surface area (Å²) >= 11 is 6.39. The SMILES string of the molecule is CCOC(=O)C1CCN(C(=O)CCN2CC3=C(C2=O)[C@H](c2ccccc2Cl)NC(=O)N3CC)CC1. The Balaban J connectivity index is 1.41. The molecule has 0 radical (unpaired) electrons. The topological polar surface area (TPSA) is 99.3 Å². The van der Waals surface area contributed by atoms with Crippen LogP contribution in [0.4, 0.5) is 4.79 Å². The summed E-state index contributed by atoms with van der Waals surface area (Å²) in [5.74, 6) is -0.608. The molecule has 1 saturated heterocycles. The first kappa shape index (κ1) is 25.0. The molecular formula is C25H31ClN4O5. The fraction of sp³-hybridized carbons (Fsp3) is 0.520. The Morgan fingerprint density at radius 1 is 1.14 bits per heavy atom. The van der Waals surface area contributed by atoms with Crippen LogP contribution in [-0.2, 0) is 19.1 Å². The van der Waals surface area contributed by atoms with Crippen molar-refractivity contribution in [3.8, 4) is 0 Å². The van der Waals surface area contributed by atoms with E-state index in [0.29, 0.717) is 60.9 Å². The summed E-state index contributed by atoms with van der Waals surface area (Å²) in [6, 6.07) is 6.25. The number of hydrogen-bond acceptors (Lipinski definition) is 5. The first-order chi connectivity index (χ1) is 16.8. The second kappa shape index (κ2) is 10.7. The first-order valence-electron chi connectivity index (χ1n) is 12.1. The summed E-state index contributed by atoms with van der Waals surface area (Å²) in [6.07, 6.45) is 1.35. The number of esters is 1. The minimum Gasteiger partial charge on any atom is -0.466 e. The van der Waals surface area contributed by atoms with Crippen molar-refractivity contribution in [3.63, 3.8) is 0 Å². The predicted molar refractivity (Wildman–Crippen MR) is 129 cm³/mol. The van der Waals surface area contributed by atoms with E-state index in [1.54, 1.807) is 39.8 Å². The molecular weight excluding hydrogens is 472 g/mol. The Hall–Kier alpha value is -3.07. The van der Waals surface area contributed by atoms with Crippen LogP contribution in [0, 0.1) is 5.92 Å². The summed E-state index contributed by atoms with van der Waals surface area (Å²) in [6.45, 7) is 5.95. The zero-order chi connectivity index (χ0) is 25.1. The number of benzene rings is 1. The lowest BCUT2D eigenvalue weighted by molar-refractivity contribution is -0.151. The number of amides is 4. The number of urea groups is 1. The Labute approximate surface area is 210 Å². The second-order valence-corrected chi connectivity index (χ2v) is 9.30. The Bertz CT molecular complexity index is 1050. The summed E-state index contributed by atoms with van der Waals surface area (Å²) in [4.78, 5) is 56.0. The van der Waals surface area contributed by atoms with Gasteiger partial charge in [-0.05, 0) is 38.3 Å². The fourth-order valence-electron chi connectivity index (χ4n) is 5.02. The lowest BCUT2D eigenvalue weighted by atomic mass is 9.95. The molecule has 3 heterocycles. The van der Waals surface area contributed by atoms with E-state index in [1.807, 2.05) is 13.0 Å². The van der Waals surface area contributed by atoms with Gasteiger partial charge >= 0.3 is 12.0 Å². The van der Waals surface area contributed by atoms with Crippen LogP contribution >= 0.6 is 11.6 Å². The first-order valence-corrected chi connectivity index (χ1v) is 12.5. The molecule has 0 bridgehead atoms. The van der Waals surface area contributed by atoms with Gasteiger partial charge in [-0.1, -0.05) is 29.8 Å². The van der Waals surface area contributed by atoms with Crippen LogP contribution in [0.5, 0.6) is 0 Å². The molecule has 4 amide bonds. The monoisotopic (exact) mass is 502 g/mol. The van der Waals surface area contributed by atoms with Crippen molar-refractivity contribution >= 4 is 35.4 Å². The van der Waals surface area contributed by atoms with E-state index >= 15 is 0 Å². The van der Waals surface area contributed by atoms with E-state index < -0.39 is 6.04 Å². The number of halogens is 1. The van der Waals surface area contributed by atoms with Gasteiger partial charge in [0.2, 0.25) is 5.91 Å². The van der Waals surface area contributed by atoms with Crippen LogP contribution < -0.4 is 5.32 Å². The fourth-order valence-corrected chi connectivity index (χ4v) is 5.26. The van der Waals surface area contributed by atoms with Gasteiger partial charge in [-0.15, -0.1) is 0 Å². The lowest BCUT2D eigenvalue weighted by Crippen LogP contribution is -2.47. The van der Waals surface area contributed by atoms with Gasteiger partial charge in [0.1, 0.15) is 0 Å². The van der Waals surface area contributed by atoms with Crippen molar-refractivity contribution in [1.82, 2.24) is 20.0 Å². The Morgan fingerprint density at radius 3 is 2.51 bits per heavy atom. The molecule has 3 aliphatic rings. The number of ether oxygens (including phenoxy) is 1. The second-order valence-electron chi connectivity index (χ2n) is 8.89. The molecule has 1 aromatic carbocycles. The highest BCUT2D eigenvalue weighted by atomic mass is 35.5. The summed E-state index contributed by atoms with van der Waals surface area (Å²) in [7, 11) is 0. The summed E-state index contributed by atoms with van der Waals surface area (Å²) in [5, 5.41) is 3.39. The normalized spacial score (nSPS) is 20.8. The average molecular weight is 503 g/mol. The van der Waals surface area contributed by atoms with Crippen LogP contribution in [0.1, 0.15) is 44.7 Å². The average Bonchev–Trinajstić information content (AvgIpc) is 3.18. The molecule has 1 fully saturated rings. The van der Waals surface area contributed by atoms with Crippen molar-refractivity contribution in [2.45, 2.75) is 39.2 Å².